The van der Waals surface area contributed by atoms with Crippen molar-refractivity contribution in [1.29, 1.82) is 0 Å². The molecule has 0 spiro atoms. The van der Waals surface area contributed by atoms with Crippen molar-refractivity contribution in [1.82, 2.24) is 0 Å². The van der Waals surface area contributed by atoms with Gasteiger partial charge in [-0.1, -0.05) is 0 Å². The summed E-state index contributed by atoms with van der Waals surface area (Å²) in [5.41, 5.74) is -3.84. The molecule has 1 aromatic carbocycles. The molecule has 0 radical (unpaired) electrons. The van der Waals surface area contributed by atoms with Crippen molar-refractivity contribution in [2.75, 3.05) is 0 Å². The van der Waals surface area contributed by atoms with Gasteiger partial charge in [-0.15, -0.1) is 0 Å². The molecule has 0 bridgehead atoms. The van der Waals surface area contributed by atoms with Crippen molar-refractivity contribution in [3.8, 4) is 0 Å². The molecule has 1 rings (SSSR count). The quantitative estimate of drug-likeness (QED) is 0.643. The second-order valence-corrected chi connectivity index (χ2v) is 6.38. The van der Waals surface area contributed by atoms with E-state index in [1.807, 2.05) is 0 Å². The number of benzene rings is 1. The molecular formula is C12H12F6O2Se. The predicted octanol–water partition coefficient (Wildman–Crippen LogP) is 3.18. The Morgan fingerprint density at radius 2 is 1.48 bits per heavy atom. The first kappa shape index (κ1) is 18.1. The number of unbranched alkanes of at least 4 members (excludes halogenated alkanes) is 1. The molecule has 1 atom stereocenters. The van der Waals surface area contributed by atoms with Gasteiger partial charge in [0.05, 0.1) is 0 Å². The molecule has 0 saturated heterocycles. The summed E-state index contributed by atoms with van der Waals surface area (Å²) in [7, 11) is 0. The molecule has 1 unspecified atom stereocenters. The van der Waals surface area contributed by atoms with Crippen molar-refractivity contribution in [3.05, 3.63) is 28.8 Å². The van der Waals surface area contributed by atoms with E-state index in [1.54, 1.807) is 6.92 Å². The summed E-state index contributed by atoms with van der Waals surface area (Å²) in [6.07, 6.45) is -9.84. The molecule has 0 aliphatic carbocycles. The monoisotopic (exact) mass is 382 g/mol. The van der Waals surface area contributed by atoms with Gasteiger partial charge in [-0.05, 0) is 0 Å². The Bertz CT molecular complexity index is 501. The molecular weight excluding hydrogens is 369 g/mol. The minimum absolute atomic E-state index is 0.154. The number of halogens is 6. The standard InChI is InChI=1S/C12H12F6O2Se/c1-2-3-4-8-9(11(13,14)15)5-7(21(19)20)6-10(8)12(16,17)18/h5-6H,2-4H2,1H3,(H,19,20). The fourth-order valence-electron chi connectivity index (χ4n) is 1.88. The third-order valence-corrected chi connectivity index (χ3v) is 4.16. The van der Waals surface area contributed by atoms with E-state index in [1.165, 1.54) is 0 Å². The van der Waals surface area contributed by atoms with Crippen molar-refractivity contribution in [2.45, 2.75) is 38.5 Å². The molecule has 0 amide bonds. The normalized spacial score (nSPS) is 14.3. The van der Waals surface area contributed by atoms with Crippen LogP contribution in [0, 0.1) is 0 Å². The number of rotatable bonds is 4. The average Bonchev–Trinajstić information content (AvgIpc) is 2.32. The van der Waals surface area contributed by atoms with Crippen LogP contribution in [0.5, 0.6) is 0 Å². The maximum atomic E-state index is 13.0. The second-order valence-electron chi connectivity index (χ2n) is 4.35. The molecule has 120 valence electrons. The third-order valence-electron chi connectivity index (χ3n) is 2.82. The SMILES string of the molecule is CCCCc1c(C(F)(F)F)cc([Se](=O)O)cc1C(F)(F)F. The zero-order chi connectivity index (χ0) is 16.4. The van der Waals surface area contributed by atoms with Crippen molar-refractivity contribution >= 4 is 18.6 Å². The van der Waals surface area contributed by atoms with Gasteiger partial charge in [-0.25, -0.2) is 0 Å². The zero-order valence-corrected chi connectivity index (χ0v) is 12.5. The van der Waals surface area contributed by atoms with Crippen molar-refractivity contribution in [2.24, 2.45) is 0 Å². The van der Waals surface area contributed by atoms with Gasteiger partial charge in [0.25, 0.3) is 0 Å². The summed E-state index contributed by atoms with van der Waals surface area (Å²) in [5, 5.41) is 0. The summed E-state index contributed by atoms with van der Waals surface area (Å²) in [5.74, 6) is 0. The zero-order valence-electron chi connectivity index (χ0n) is 10.8. The van der Waals surface area contributed by atoms with Crippen LogP contribution in [-0.2, 0) is 22.6 Å². The molecule has 9 heteroatoms. The molecule has 0 aromatic heterocycles. The second kappa shape index (κ2) is 6.46. The van der Waals surface area contributed by atoms with Crippen LogP contribution < -0.4 is 4.46 Å². The fourth-order valence-corrected chi connectivity index (χ4v) is 2.79. The van der Waals surface area contributed by atoms with Gasteiger partial charge in [0.2, 0.25) is 0 Å². The van der Waals surface area contributed by atoms with E-state index in [4.69, 9.17) is 4.19 Å². The summed E-state index contributed by atoms with van der Waals surface area (Å²) in [6, 6.07) is 0.690. The van der Waals surface area contributed by atoms with E-state index in [2.05, 4.69) is 0 Å². The molecule has 2 nitrogen and oxygen atoms in total. The van der Waals surface area contributed by atoms with Gasteiger partial charge in [-0.3, -0.25) is 0 Å². The van der Waals surface area contributed by atoms with E-state index in [-0.39, 0.29) is 6.42 Å². The van der Waals surface area contributed by atoms with Gasteiger partial charge < -0.3 is 0 Å². The van der Waals surface area contributed by atoms with Crippen molar-refractivity contribution < 1.29 is 34.4 Å². The summed E-state index contributed by atoms with van der Waals surface area (Å²) in [4.78, 5) is 0. The number of alkyl halides is 6. The third kappa shape index (κ3) is 4.52. The summed E-state index contributed by atoms with van der Waals surface area (Å²) >= 11 is -3.89. The van der Waals surface area contributed by atoms with Gasteiger partial charge in [0.15, 0.2) is 0 Å². The molecule has 0 fully saturated rings. The van der Waals surface area contributed by atoms with Crippen LogP contribution in [0.4, 0.5) is 26.3 Å². The molecule has 21 heavy (non-hydrogen) atoms. The Hall–Kier alpha value is -0.921. The van der Waals surface area contributed by atoms with E-state index in [9.17, 15) is 30.2 Å². The van der Waals surface area contributed by atoms with Crippen LogP contribution in [-0.4, -0.2) is 18.4 Å². The van der Waals surface area contributed by atoms with Crippen LogP contribution in [0.2, 0.25) is 0 Å². The maximum absolute atomic E-state index is 13.0. The molecule has 1 N–H and O–H groups in total. The first-order chi connectivity index (χ1) is 9.48. The Balaban J connectivity index is 3.65. The van der Waals surface area contributed by atoms with Gasteiger partial charge in [0.1, 0.15) is 0 Å². The Kier molecular flexibility index (Phi) is 5.57. The van der Waals surface area contributed by atoms with E-state index in [0.29, 0.717) is 18.6 Å². The number of hydrogen-bond acceptors (Lipinski definition) is 1. The molecule has 0 heterocycles. The number of hydrogen-bond donors (Lipinski definition) is 1. The van der Waals surface area contributed by atoms with E-state index in [0.717, 1.165) is 0 Å². The van der Waals surface area contributed by atoms with E-state index < -0.39 is 54.1 Å². The van der Waals surface area contributed by atoms with Crippen LogP contribution >= 0.6 is 0 Å². The Morgan fingerprint density at radius 3 is 1.76 bits per heavy atom. The van der Waals surface area contributed by atoms with Crippen LogP contribution in [0.25, 0.3) is 0 Å². The summed E-state index contributed by atoms with van der Waals surface area (Å²) in [6.45, 7) is 1.64. The van der Waals surface area contributed by atoms with Gasteiger partial charge in [-0.2, -0.15) is 0 Å². The fraction of sp³-hybridized carbons (Fsp3) is 0.500. The molecule has 1 aromatic rings. The predicted molar refractivity (Wildman–Crippen MR) is 63.4 cm³/mol. The van der Waals surface area contributed by atoms with Gasteiger partial charge in [0, 0.05) is 0 Å². The van der Waals surface area contributed by atoms with E-state index >= 15 is 0 Å². The molecule has 0 aliphatic heterocycles. The van der Waals surface area contributed by atoms with Crippen LogP contribution in [0.15, 0.2) is 12.1 Å². The molecule has 0 saturated carbocycles. The first-order valence-electron chi connectivity index (χ1n) is 5.90. The average molecular weight is 381 g/mol. The summed E-state index contributed by atoms with van der Waals surface area (Å²) < 4.78 is 96.7. The van der Waals surface area contributed by atoms with Crippen LogP contribution in [0.1, 0.15) is 36.5 Å². The van der Waals surface area contributed by atoms with Crippen molar-refractivity contribution in [3.63, 3.8) is 0 Å². The Morgan fingerprint density at radius 1 is 1.05 bits per heavy atom. The topological polar surface area (TPSA) is 37.3 Å². The first-order valence-corrected chi connectivity index (χ1v) is 8.22. The minimum atomic E-state index is -5.01. The van der Waals surface area contributed by atoms with Gasteiger partial charge >= 0.3 is 120 Å². The van der Waals surface area contributed by atoms with Crippen LogP contribution in [0.3, 0.4) is 0 Å². The molecule has 0 aliphatic rings. The Labute approximate surface area is 121 Å².